The van der Waals surface area contributed by atoms with E-state index in [9.17, 15) is 19.2 Å². The van der Waals surface area contributed by atoms with Gasteiger partial charge in [0.2, 0.25) is 23.6 Å². The van der Waals surface area contributed by atoms with Gasteiger partial charge in [-0.05, 0) is 155 Å². The molecular weight excluding hydrogens is 807 g/mol. The standard InChI is InChI=1S/2C24H31N3O2.CH2Cl2/c2*1-13-9-15(3)19(16(4)10-13)26-21(28)24(7,8)22(29)27(23(26)25)20-17(5)11-14(2)12-18(20)6;2-1-3/h2*9-12,23H,25H2,1-8H3;1H2. The van der Waals surface area contributed by atoms with Crippen LogP contribution in [0.4, 0.5) is 22.7 Å². The van der Waals surface area contributed by atoms with Crippen molar-refractivity contribution in [1.82, 2.24) is 0 Å². The highest BCUT2D eigenvalue weighted by Gasteiger charge is 2.54. The lowest BCUT2D eigenvalue weighted by Gasteiger charge is -2.48. The molecule has 328 valence electrons. The molecule has 2 aliphatic heterocycles. The molecule has 12 heteroatoms. The van der Waals surface area contributed by atoms with Crippen LogP contribution in [0.15, 0.2) is 48.5 Å². The Bertz CT molecular complexity index is 1990. The zero-order valence-electron chi connectivity index (χ0n) is 38.8. The Kier molecular flexibility index (Phi) is 14.7. The summed E-state index contributed by atoms with van der Waals surface area (Å²) in [5, 5.41) is 0.194. The Morgan fingerprint density at radius 2 is 0.525 bits per heavy atom. The highest BCUT2D eigenvalue weighted by Crippen LogP contribution is 2.42. The van der Waals surface area contributed by atoms with E-state index >= 15 is 0 Å². The van der Waals surface area contributed by atoms with Crippen molar-refractivity contribution in [2.45, 2.75) is 123 Å². The van der Waals surface area contributed by atoms with Crippen LogP contribution in [0.3, 0.4) is 0 Å². The zero-order valence-corrected chi connectivity index (χ0v) is 40.3. The molecule has 61 heavy (non-hydrogen) atoms. The van der Waals surface area contributed by atoms with Crippen molar-refractivity contribution in [2.24, 2.45) is 22.3 Å². The molecule has 4 aromatic carbocycles. The molecule has 0 bridgehead atoms. The first kappa shape index (κ1) is 48.9. The molecule has 0 unspecified atom stereocenters. The van der Waals surface area contributed by atoms with E-state index in [0.29, 0.717) is 0 Å². The quantitative estimate of drug-likeness (QED) is 0.155. The molecule has 0 saturated carbocycles. The van der Waals surface area contributed by atoms with E-state index in [1.54, 1.807) is 47.3 Å². The highest BCUT2D eigenvalue weighted by atomic mass is 35.5. The number of hydrogen-bond donors (Lipinski definition) is 2. The molecule has 0 atom stereocenters. The zero-order chi connectivity index (χ0) is 46.4. The maximum absolute atomic E-state index is 13.5. The second-order valence-electron chi connectivity index (χ2n) is 17.9. The van der Waals surface area contributed by atoms with Crippen LogP contribution in [0, 0.1) is 93.9 Å². The van der Waals surface area contributed by atoms with Gasteiger partial charge in [-0.1, -0.05) is 70.8 Å². The molecule has 6 rings (SSSR count). The molecule has 2 fully saturated rings. The van der Waals surface area contributed by atoms with Gasteiger partial charge in [-0.15, -0.1) is 23.2 Å². The maximum Gasteiger partial charge on any atom is 0.244 e. The minimum atomic E-state index is -1.22. The van der Waals surface area contributed by atoms with Gasteiger partial charge in [0.15, 0.2) is 12.6 Å². The van der Waals surface area contributed by atoms with Gasteiger partial charge in [-0.3, -0.25) is 50.2 Å². The predicted molar refractivity (Wildman–Crippen MR) is 253 cm³/mol. The van der Waals surface area contributed by atoms with Crippen LogP contribution in [0.25, 0.3) is 0 Å². The van der Waals surface area contributed by atoms with Gasteiger partial charge in [0.25, 0.3) is 0 Å². The number of carbonyl (C=O) groups is 4. The van der Waals surface area contributed by atoms with Gasteiger partial charge in [-0.25, -0.2) is 0 Å². The highest BCUT2D eigenvalue weighted by molar-refractivity contribution is 6.40. The summed E-state index contributed by atoms with van der Waals surface area (Å²) in [6.07, 6.45) is -1.83. The number of nitrogens with zero attached hydrogens (tertiary/aromatic N) is 4. The molecular formula is C49H64Cl2N6O4. The molecule has 4 amide bonds. The first-order valence-corrected chi connectivity index (χ1v) is 21.5. The Morgan fingerprint density at radius 3 is 0.656 bits per heavy atom. The van der Waals surface area contributed by atoms with Gasteiger partial charge in [0.05, 0.1) is 28.1 Å². The van der Waals surface area contributed by atoms with Gasteiger partial charge < -0.3 is 0 Å². The fraction of sp³-hybridized carbons (Fsp3) is 0.429. The molecule has 4 aromatic rings. The lowest BCUT2D eigenvalue weighted by atomic mass is 9.85. The number of aryl methyl sites for hydroxylation is 12. The summed E-state index contributed by atoms with van der Waals surface area (Å²) in [6.45, 7) is 30.7. The van der Waals surface area contributed by atoms with E-state index in [-0.39, 0.29) is 29.0 Å². The first-order valence-electron chi connectivity index (χ1n) is 20.5. The van der Waals surface area contributed by atoms with Crippen LogP contribution in [0.1, 0.15) is 94.5 Å². The number of rotatable bonds is 4. The van der Waals surface area contributed by atoms with Gasteiger partial charge in [0, 0.05) is 0 Å². The van der Waals surface area contributed by atoms with Crippen molar-refractivity contribution in [3.05, 3.63) is 115 Å². The van der Waals surface area contributed by atoms with Gasteiger partial charge in [0.1, 0.15) is 10.8 Å². The number of amides is 4. The Morgan fingerprint density at radius 1 is 0.393 bits per heavy atom. The predicted octanol–water partition coefficient (Wildman–Crippen LogP) is 9.79. The number of carbonyl (C=O) groups excluding carboxylic acids is 4. The number of anilines is 4. The minimum absolute atomic E-state index is 0.194. The van der Waals surface area contributed by atoms with Crippen molar-refractivity contribution >= 4 is 69.6 Å². The largest absolute Gasteiger partial charge is 0.293 e. The SMILES string of the molecule is Cc1cc(C)c(N2C(=O)C(C)(C)C(=O)N(c3c(C)cc(C)cc3C)C2N)c(C)c1.Cc1cc(C)c(N2C(=O)C(C)(C)C(=O)N(c3c(C)cc(C)cc3C)C2N)c(C)c1.ClCCl. The van der Waals surface area contributed by atoms with E-state index in [2.05, 4.69) is 0 Å². The lowest BCUT2D eigenvalue weighted by Crippen LogP contribution is -2.70. The third-order valence-electron chi connectivity index (χ3n) is 11.6. The van der Waals surface area contributed by atoms with Crippen LogP contribution >= 0.6 is 23.2 Å². The summed E-state index contributed by atoms with van der Waals surface area (Å²) in [5.41, 5.74) is 26.2. The average molecular weight is 872 g/mol. The number of benzene rings is 4. The Labute approximate surface area is 373 Å². The third kappa shape index (κ3) is 9.10. The van der Waals surface area contributed by atoms with E-state index in [1.165, 1.54) is 0 Å². The average Bonchev–Trinajstić information content (AvgIpc) is 3.12. The second-order valence-corrected chi connectivity index (χ2v) is 18.7. The van der Waals surface area contributed by atoms with E-state index in [4.69, 9.17) is 34.7 Å². The van der Waals surface area contributed by atoms with Crippen molar-refractivity contribution in [1.29, 1.82) is 0 Å². The summed E-state index contributed by atoms with van der Waals surface area (Å²) in [5.74, 6) is -1.10. The molecule has 2 saturated heterocycles. The fourth-order valence-electron chi connectivity index (χ4n) is 9.24. The molecule has 10 nitrogen and oxygen atoms in total. The van der Waals surface area contributed by atoms with Crippen LogP contribution in [0.2, 0.25) is 0 Å². The molecule has 2 heterocycles. The van der Waals surface area contributed by atoms with E-state index in [1.807, 2.05) is 132 Å². The number of hydrogen-bond acceptors (Lipinski definition) is 6. The topological polar surface area (TPSA) is 133 Å². The molecule has 0 aromatic heterocycles. The minimum Gasteiger partial charge on any atom is -0.293 e. The lowest BCUT2D eigenvalue weighted by molar-refractivity contribution is -0.143. The van der Waals surface area contributed by atoms with Crippen molar-refractivity contribution in [2.75, 3.05) is 24.9 Å². The smallest absolute Gasteiger partial charge is 0.244 e. The van der Waals surface area contributed by atoms with Crippen molar-refractivity contribution < 1.29 is 19.2 Å². The fourth-order valence-corrected chi connectivity index (χ4v) is 9.24. The van der Waals surface area contributed by atoms with Crippen LogP contribution in [-0.2, 0) is 19.2 Å². The summed E-state index contributed by atoms with van der Waals surface area (Å²) in [4.78, 5) is 60.2. The molecule has 2 aliphatic rings. The van der Waals surface area contributed by atoms with Crippen molar-refractivity contribution in [3.63, 3.8) is 0 Å². The molecule has 0 spiro atoms. The summed E-state index contributed by atoms with van der Waals surface area (Å²) in [6, 6.07) is 16.3. The van der Waals surface area contributed by atoms with Crippen LogP contribution < -0.4 is 31.1 Å². The maximum atomic E-state index is 13.5. The van der Waals surface area contributed by atoms with E-state index < -0.39 is 23.4 Å². The molecule has 0 radical (unpaired) electrons. The normalized spacial score (nSPS) is 16.7. The Balaban J connectivity index is 0.000000252. The van der Waals surface area contributed by atoms with Crippen LogP contribution in [-0.4, -0.2) is 41.5 Å². The Hall–Kier alpha value is -4.74. The summed E-state index contributed by atoms with van der Waals surface area (Å²) < 4.78 is 0. The number of nitrogens with two attached hydrogens (primary N) is 2. The summed E-state index contributed by atoms with van der Waals surface area (Å²) in [7, 11) is 0. The van der Waals surface area contributed by atoms with E-state index in [0.717, 1.165) is 89.5 Å². The number of alkyl halides is 2. The number of halogens is 2. The third-order valence-corrected chi connectivity index (χ3v) is 11.6. The monoisotopic (exact) mass is 870 g/mol. The summed E-state index contributed by atoms with van der Waals surface area (Å²) >= 11 is 9.53. The molecule has 0 aliphatic carbocycles. The van der Waals surface area contributed by atoms with Gasteiger partial charge >= 0.3 is 0 Å². The van der Waals surface area contributed by atoms with Gasteiger partial charge in [-0.2, -0.15) is 0 Å². The second kappa shape index (κ2) is 18.3. The van der Waals surface area contributed by atoms with Crippen LogP contribution in [0.5, 0.6) is 0 Å². The van der Waals surface area contributed by atoms with Crippen molar-refractivity contribution in [3.8, 4) is 0 Å². The first-order chi connectivity index (χ1) is 28.2. The molecule has 4 N–H and O–H groups in total.